The summed E-state index contributed by atoms with van der Waals surface area (Å²) in [5.41, 5.74) is 0. The van der Waals surface area contributed by atoms with Gasteiger partial charge in [-0.2, -0.15) is 0 Å². The van der Waals surface area contributed by atoms with Gasteiger partial charge in [-0.25, -0.2) is 4.90 Å². The number of amides is 2. The molecule has 2 amide bonds. The molecule has 0 aliphatic carbocycles. The van der Waals surface area contributed by atoms with Crippen LogP contribution >= 0.6 is 0 Å². The average molecular weight is 662 g/mol. The van der Waals surface area contributed by atoms with Crippen molar-refractivity contribution >= 4 is 11.8 Å². The largest absolute Gasteiger partial charge is 0.379 e. The summed E-state index contributed by atoms with van der Waals surface area (Å²) in [7, 11) is 1.72. The van der Waals surface area contributed by atoms with E-state index in [9.17, 15) is 14.7 Å². The van der Waals surface area contributed by atoms with Crippen molar-refractivity contribution in [2.75, 3.05) is 7.05 Å². The molecule has 47 heavy (non-hydrogen) atoms. The van der Waals surface area contributed by atoms with Crippen LogP contribution in [0.5, 0.6) is 0 Å². The number of nitrogens with one attached hydrogen (secondary N) is 2. The summed E-state index contributed by atoms with van der Waals surface area (Å²) in [4.78, 5) is 27.2. The first-order valence-corrected chi connectivity index (χ1v) is 20.1. The smallest absolute Gasteiger partial charge is 0.222 e. The number of rotatable bonds is 34. The molecule has 0 radical (unpaired) electrons. The topological polar surface area (TPSA) is 81.7 Å². The highest BCUT2D eigenvalue weighted by Crippen LogP contribution is 2.14. The molecule has 0 aliphatic rings. The molecule has 0 heterocycles. The number of allylic oxidation sites excluding steroid dienone is 4. The summed E-state index contributed by atoms with van der Waals surface area (Å²) in [5.74, 6) is -1.33. The molecular formula is C41H79N3O3. The third-order valence-corrected chi connectivity index (χ3v) is 9.36. The van der Waals surface area contributed by atoms with E-state index in [1.54, 1.807) is 25.8 Å². The minimum atomic E-state index is -1.13. The Kier molecular flexibility index (Phi) is 31.7. The number of unbranched alkanes of at least 4 members (excludes halogenated alkanes) is 22. The molecule has 0 spiro atoms. The van der Waals surface area contributed by atoms with Crippen LogP contribution in [-0.4, -0.2) is 40.9 Å². The van der Waals surface area contributed by atoms with E-state index in [1.165, 1.54) is 116 Å². The standard InChI is InChI=1S/C41H79N3O3/c1-6-8-10-12-14-16-18-20-22-24-26-28-30-32-34-36-39(46)42-41(4,44(5)38(3)45)43-40(47)37-35-33-31-29-27-25-23-21-19-17-15-13-11-9-7-2/h20-23,38,45H,6-19,24-37H2,1-5H3,(H,42,46)(H,43,47)/b22-20-,23-21-. The zero-order chi connectivity index (χ0) is 34.9. The van der Waals surface area contributed by atoms with Crippen molar-refractivity contribution in [1.82, 2.24) is 15.5 Å². The van der Waals surface area contributed by atoms with Gasteiger partial charge in [-0.3, -0.25) is 9.59 Å². The zero-order valence-corrected chi connectivity index (χ0v) is 31.9. The summed E-state index contributed by atoms with van der Waals surface area (Å²) in [6.45, 7) is 7.93. The summed E-state index contributed by atoms with van der Waals surface area (Å²) in [6.07, 6.45) is 41.1. The van der Waals surface area contributed by atoms with Gasteiger partial charge in [-0.05, 0) is 85.1 Å². The van der Waals surface area contributed by atoms with Gasteiger partial charge in [0.25, 0.3) is 0 Å². The van der Waals surface area contributed by atoms with Gasteiger partial charge in [0.05, 0.1) is 0 Å². The maximum Gasteiger partial charge on any atom is 0.222 e. The Balaban J connectivity index is 4.08. The molecular weight excluding hydrogens is 582 g/mol. The van der Waals surface area contributed by atoms with Gasteiger partial charge in [0.2, 0.25) is 11.8 Å². The molecule has 1 unspecified atom stereocenters. The lowest BCUT2D eigenvalue weighted by Crippen LogP contribution is -2.69. The Hall–Kier alpha value is -1.66. The van der Waals surface area contributed by atoms with Crippen molar-refractivity contribution < 1.29 is 14.7 Å². The summed E-state index contributed by atoms with van der Waals surface area (Å²) < 4.78 is 0. The lowest BCUT2D eigenvalue weighted by molar-refractivity contribution is -0.137. The summed E-state index contributed by atoms with van der Waals surface area (Å²) >= 11 is 0. The molecule has 0 aromatic heterocycles. The van der Waals surface area contributed by atoms with Crippen LogP contribution in [0.1, 0.15) is 207 Å². The Morgan fingerprint density at radius 2 is 0.830 bits per heavy atom. The molecule has 0 rings (SSSR count). The quantitative estimate of drug-likeness (QED) is 0.0364. The van der Waals surface area contributed by atoms with Crippen molar-refractivity contribution in [3.8, 4) is 0 Å². The Labute approximate surface area is 292 Å². The lowest BCUT2D eigenvalue weighted by Gasteiger charge is -2.41. The minimum Gasteiger partial charge on any atom is -0.379 e. The van der Waals surface area contributed by atoms with E-state index >= 15 is 0 Å². The fraction of sp³-hybridized carbons (Fsp3) is 0.854. The van der Waals surface area contributed by atoms with E-state index in [1.807, 2.05) is 0 Å². The van der Waals surface area contributed by atoms with Crippen LogP contribution in [0.4, 0.5) is 0 Å². The molecule has 6 heteroatoms. The van der Waals surface area contributed by atoms with Gasteiger partial charge in [0.15, 0.2) is 5.79 Å². The normalized spacial score (nSPS) is 12.8. The van der Waals surface area contributed by atoms with Crippen LogP contribution in [0.3, 0.4) is 0 Å². The SMILES string of the molecule is CCCCCCCC/C=C\CCCCCCCC(=O)NC(C)(NC(=O)CCCCCCC/C=C\CCCCCCCC)N(C)C(C)O. The van der Waals surface area contributed by atoms with Crippen LogP contribution in [0.15, 0.2) is 24.3 Å². The molecule has 0 aromatic carbocycles. The molecule has 1 atom stereocenters. The molecule has 0 fully saturated rings. The van der Waals surface area contributed by atoms with Crippen LogP contribution in [0.25, 0.3) is 0 Å². The van der Waals surface area contributed by atoms with E-state index in [-0.39, 0.29) is 11.8 Å². The lowest BCUT2D eigenvalue weighted by atomic mass is 10.1. The third kappa shape index (κ3) is 29.0. The Morgan fingerprint density at radius 3 is 1.13 bits per heavy atom. The van der Waals surface area contributed by atoms with Crippen molar-refractivity contribution in [2.45, 2.75) is 219 Å². The van der Waals surface area contributed by atoms with Crippen molar-refractivity contribution in [1.29, 1.82) is 0 Å². The number of aliphatic hydroxyl groups is 1. The molecule has 6 nitrogen and oxygen atoms in total. The van der Waals surface area contributed by atoms with E-state index in [2.05, 4.69) is 48.8 Å². The second kappa shape index (κ2) is 32.9. The van der Waals surface area contributed by atoms with Crippen molar-refractivity contribution in [2.24, 2.45) is 0 Å². The summed E-state index contributed by atoms with van der Waals surface area (Å²) in [5, 5.41) is 16.2. The molecule has 276 valence electrons. The van der Waals surface area contributed by atoms with E-state index in [0.717, 1.165) is 51.4 Å². The predicted molar refractivity (Wildman–Crippen MR) is 203 cm³/mol. The highest BCUT2D eigenvalue weighted by atomic mass is 16.3. The minimum absolute atomic E-state index is 0.0982. The van der Waals surface area contributed by atoms with Gasteiger partial charge in [0.1, 0.15) is 6.23 Å². The highest BCUT2D eigenvalue weighted by molar-refractivity contribution is 5.80. The van der Waals surface area contributed by atoms with Crippen molar-refractivity contribution in [3.63, 3.8) is 0 Å². The number of nitrogens with zero attached hydrogens (tertiary/aromatic N) is 1. The van der Waals surface area contributed by atoms with E-state index in [4.69, 9.17) is 0 Å². The van der Waals surface area contributed by atoms with Gasteiger partial charge in [0, 0.05) is 12.8 Å². The monoisotopic (exact) mass is 662 g/mol. The Bertz CT molecular complexity index is 726. The van der Waals surface area contributed by atoms with Gasteiger partial charge in [-0.15, -0.1) is 0 Å². The van der Waals surface area contributed by atoms with Crippen molar-refractivity contribution in [3.05, 3.63) is 24.3 Å². The maximum absolute atomic E-state index is 12.8. The molecule has 0 aromatic rings. The summed E-state index contributed by atoms with van der Waals surface area (Å²) in [6, 6.07) is 0. The first kappa shape index (κ1) is 45.3. The fourth-order valence-electron chi connectivity index (χ4n) is 5.96. The molecule has 0 aliphatic heterocycles. The molecule has 0 saturated carbocycles. The second-order valence-corrected chi connectivity index (χ2v) is 14.1. The number of hydrogen-bond acceptors (Lipinski definition) is 4. The zero-order valence-electron chi connectivity index (χ0n) is 31.9. The number of carbonyl (C=O) groups is 2. The van der Waals surface area contributed by atoms with Crippen LogP contribution in [0, 0.1) is 0 Å². The van der Waals surface area contributed by atoms with E-state index in [0.29, 0.717) is 12.8 Å². The fourth-order valence-corrected chi connectivity index (χ4v) is 5.96. The first-order valence-electron chi connectivity index (χ1n) is 20.1. The van der Waals surface area contributed by atoms with Crippen LogP contribution in [-0.2, 0) is 9.59 Å². The van der Waals surface area contributed by atoms with Gasteiger partial charge in [-0.1, -0.05) is 141 Å². The van der Waals surface area contributed by atoms with E-state index < -0.39 is 12.0 Å². The second-order valence-electron chi connectivity index (χ2n) is 14.1. The molecule has 3 N–H and O–H groups in total. The highest BCUT2D eigenvalue weighted by Gasteiger charge is 2.34. The maximum atomic E-state index is 12.8. The van der Waals surface area contributed by atoms with Crippen LogP contribution in [0.2, 0.25) is 0 Å². The third-order valence-electron chi connectivity index (χ3n) is 9.36. The number of hydrogen-bond donors (Lipinski definition) is 3. The average Bonchev–Trinajstić information content (AvgIpc) is 3.04. The van der Waals surface area contributed by atoms with Gasteiger partial charge >= 0.3 is 0 Å². The molecule has 0 saturated heterocycles. The predicted octanol–water partition coefficient (Wildman–Crippen LogP) is 11.2. The molecule has 0 bridgehead atoms. The Morgan fingerprint density at radius 1 is 0.553 bits per heavy atom. The first-order chi connectivity index (χ1) is 22.8. The number of carbonyl (C=O) groups excluding carboxylic acids is 2. The number of aliphatic hydroxyl groups excluding tert-OH is 1. The van der Waals surface area contributed by atoms with Gasteiger partial charge < -0.3 is 15.7 Å². The van der Waals surface area contributed by atoms with Crippen LogP contribution < -0.4 is 10.6 Å².